The van der Waals surface area contributed by atoms with Gasteiger partial charge in [-0.05, 0) is 31.0 Å². The number of ether oxygens (including phenoxy) is 2. The number of fused-ring (bicyclic) bond motifs is 1. The molecule has 0 spiro atoms. The number of carbonyl (C=O) groups excluding carboxylic acids is 2. The molecule has 0 N–H and O–H groups in total. The maximum Gasteiger partial charge on any atom is 0.339 e. The van der Waals surface area contributed by atoms with Crippen LogP contribution in [0.1, 0.15) is 46.5 Å². The Labute approximate surface area is 165 Å². The van der Waals surface area contributed by atoms with Crippen LogP contribution in [-0.2, 0) is 16.0 Å². The number of aromatic nitrogens is 2. The molecule has 1 aromatic carbocycles. The topological polar surface area (TPSA) is 87.5 Å². The van der Waals surface area contributed by atoms with E-state index in [0.29, 0.717) is 17.0 Å². The molecule has 0 aliphatic carbocycles. The van der Waals surface area contributed by atoms with Crippen LogP contribution in [0.25, 0.3) is 10.2 Å². The van der Waals surface area contributed by atoms with Gasteiger partial charge in [0, 0.05) is 5.38 Å². The van der Waals surface area contributed by atoms with E-state index in [-0.39, 0.29) is 35.6 Å². The minimum absolute atomic E-state index is 0.234. The van der Waals surface area contributed by atoms with Gasteiger partial charge in [-0.2, -0.15) is 0 Å². The number of hydrogen-bond donors (Lipinski definition) is 0. The SMILES string of the molecule is CCCOC(=O)c1ccc(Cn2cnc3scc(C(=O)OCC)c3c2=O)cc1. The first-order valence-corrected chi connectivity index (χ1v) is 9.83. The zero-order valence-corrected chi connectivity index (χ0v) is 16.5. The highest BCUT2D eigenvalue weighted by atomic mass is 32.1. The van der Waals surface area contributed by atoms with Gasteiger partial charge in [0.1, 0.15) is 4.83 Å². The number of thiophene rings is 1. The molecule has 146 valence electrons. The number of esters is 2. The van der Waals surface area contributed by atoms with Crippen LogP contribution >= 0.6 is 11.3 Å². The summed E-state index contributed by atoms with van der Waals surface area (Å²) in [6.45, 7) is 4.53. The molecule has 0 aliphatic heterocycles. The smallest absolute Gasteiger partial charge is 0.339 e. The van der Waals surface area contributed by atoms with Crippen molar-refractivity contribution in [2.24, 2.45) is 0 Å². The van der Waals surface area contributed by atoms with Gasteiger partial charge in [-0.25, -0.2) is 14.6 Å². The number of hydrogen-bond acceptors (Lipinski definition) is 7. The second kappa shape index (κ2) is 8.79. The van der Waals surface area contributed by atoms with Crippen molar-refractivity contribution < 1.29 is 19.1 Å². The molecule has 2 aromatic heterocycles. The number of benzene rings is 1. The van der Waals surface area contributed by atoms with Gasteiger partial charge < -0.3 is 9.47 Å². The number of carbonyl (C=O) groups is 2. The summed E-state index contributed by atoms with van der Waals surface area (Å²) < 4.78 is 11.6. The average Bonchev–Trinajstić information content (AvgIpc) is 3.14. The molecule has 0 saturated carbocycles. The Kier molecular flexibility index (Phi) is 6.20. The lowest BCUT2D eigenvalue weighted by molar-refractivity contribution is 0.0502. The van der Waals surface area contributed by atoms with Gasteiger partial charge in [0.2, 0.25) is 0 Å². The lowest BCUT2D eigenvalue weighted by Crippen LogP contribution is -2.22. The van der Waals surface area contributed by atoms with Crippen molar-refractivity contribution in [1.29, 1.82) is 0 Å². The summed E-state index contributed by atoms with van der Waals surface area (Å²) in [6, 6.07) is 6.86. The second-order valence-corrected chi connectivity index (χ2v) is 6.92. The van der Waals surface area contributed by atoms with E-state index in [4.69, 9.17) is 9.47 Å². The van der Waals surface area contributed by atoms with Crippen LogP contribution in [0, 0.1) is 0 Å². The molecule has 0 bridgehead atoms. The Morgan fingerprint density at radius 2 is 1.86 bits per heavy atom. The predicted octanol–water partition coefficient (Wildman–Crippen LogP) is 3.25. The minimum Gasteiger partial charge on any atom is -0.462 e. The summed E-state index contributed by atoms with van der Waals surface area (Å²) >= 11 is 1.23. The zero-order chi connectivity index (χ0) is 20.1. The largest absolute Gasteiger partial charge is 0.462 e. The Hall–Kier alpha value is -3.00. The molecule has 0 atom stereocenters. The zero-order valence-electron chi connectivity index (χ0n) is 15.6. The van der Waals surface area contributed by atoms with Crippen LogP contribution in [0.2, 0.25) is 0 Å². The van der Waals surface area contributed by atoms with E-state index in [0.717, 1.165) is 12.0 Å². The highest BCUT2D eigenvalue weighted by molar-refractivity contribution is 7.17. The third-order valence-corrected chi connectivity index (χ3v) is 4.92. The standard InChI is InChI=1S/C20H20N2O5S/c1-3-9-27-19(24)14-7-5-13(6-8-14)10-22-12-21-17-16(18(22)23)15(11-28-17)20(25)26-4-2/h5-8,11-12H,3-4,9-10H2,1-2H3. The van der Waals surface area contributed by atoms with Gasteiger partial charge in [-0.3, -0.25) is 9.36 Å². The van der Waals surface area contributed by atoms with Crippen LogP contribution < -0.4 is 5.56 Å². The molecule has 3 aromatic rings. The first-order chi connectivity index (χ1) is 13.5. The van der Waals surface area contributed by atoms with Crippen molar-refractivity contribution in [3.63, 3.8) is 0 Å². The lowest BCUT2D eigenvalue weighted by atomic mass is 10.1. The quantitative estimate of drug-likeness (QED) is 0.566. The molecule has 8 heteroatoms. The molecule has 0 saturated heterocycles. The second-order valence-electron chi connectivity index (χ2n) is 6.06. The van der Waals surface area contributed by atoms with Gasteiger partial charge in [-0.1, -0.05) is 19.1 Å². The monoisotopic (exact) mass is 400 g/mol. The number of nitrogens with zero attached hydrogens (tertiary/aromatic N) is 2. The van der Waals surface area contributed by atoms with Crippen LogP contribution in [0.4, 0.5) is 0 Å². The van der Waals surface area contributed by atoms with Crippen LogP contribution in [0.3, 0.4) is 0 Å². The van der Waals surface area contributed by atoms with Gasteiger partial charge in [0.25, 0.3) is 5.56 Å². The molecule has 3 rings (SSSR count). The summed E-state index contributed by atoms with van der Waals surface area (Å²) in [5.41, 5.74) is 1.22. The molecule has 0 radical (unpaired) electrons. The molecule has 0 amide bonds. The molecule has 0 fully saturated rings. The fourth-order valence-corrected chi connectivity index (χ4v) is 3.53. The molecular formula is C20H20N2O5S. The van der Waals surface area contributed by atoms with Crippen molar-refractivity contribution in [2.45, 2.75) is 26.8 Å². The summed E-state index contributed by atoms with van der Waals surface area (Å²) in [5.74, 6) is -0.897. The summed E-state index contributed by atoms with van der Waals surface area (Å²) in [6.07, 6.45) is 2.22. The molecule has 0 unspecified atom stereocenters. The van der Waals surface area contributed by atoms with E-state index in [9.17, 15) is 14.4 Å². The van der Waals surface area contributed by atoms with Crippen LogP contribution in [0.5, 0.6) is 0 Å². The summed E-state index contributed by atoms with van der Waals surface area (Å²) in [5, 5.41) is 1.86. The fourth-order valence-electron chi connectivity index (χ4n) is 2.66. The Balaban J connectivity index is 1.85. The van der Waals surface area contributed by atoms with Gasteiger partial charge >= 0.3 is 11.9 Å². The fraction of sp³-hybridized carbons (Fsp3) is 0.300. The Morgan fingerprint density at radius 3 is 2.54 bits per heavy atom. The molecule has 2 heterocycles. The Morgan fingerprint density at radius 1 is 1.11 bits per heavy atom. The van der Waals surface area contributed by atoms with E-state index in [1.807, 2.05) is 6.92 Å². The van der Waals surface area contributed by atoms with Gasteiger partial charge in [0.15, 0.2) is 0 Å². The summed E-state index contributed by atoms with van der Waals surface area (Å²) in [7, 11) is 0. The van der Waals surface area contributed by atoms with E-state index < -0.39 is 5.97 Å². The van der Waals surface area contributed by atoms with Crippen LogP contribution in [-0.4, -0.2) is 34.7 Å². The van der Waals surface area contributed by atoms with Crippen molar-refractivity contribution in [2.75, 3.05) is 13.2 Å². The van der Waals surface area contributed by atoms with E-state index in [1.165, 1.54) is 22.2 Å². The molecule has 0 aliphatic rings. The average molecular weight is 400 g/mol. The first kappa shape index (κ1) is 19.8. The molecule has 7 nitrogen and oxygen atoms in total. The van der Waals surface area contributed by atoms with Gasteiger partial charge in [-0.15, -0.1) is 11.3 Å². The number of rotatable bonds is 7. The highest BCUT2D eigenvalue weighted by Gasteiger charge is 2.18. The minimum atomic E-state index is -0.527. The first-order valence-electron chi connectivity index (χ1n) is 8.95. The van der Waals surface area contributed by atoms with Crippen molar-refractivity contribution >= 4 is 33.5 Å². The lowest BCUT2D eigenvalue weighted by Gasteiger charge is -2.08. The van der Waals surface area contributed by atoms with E-state index >= 15 is 0 Å². The Bertz CT molecular complexity index is 1050. The van der Waals surface area contributed by atoms with Crippen molar-refractivity contribution in [3.05, 3.63) is 63.0 Å². The highest BCUT2D eigenvalue weighted by Crippen LogP contribution is 2.21. The third kappa shape index (κ3) is 4.12. The molecule has 28 heavy (non-hydrogen) atoms. The van der Waals surface area contributed by atoms with Crippen molar-refractivity contribution in [1.82, 2.24) is 9.55 Å². The van der Waals surface area contributed by atoms with Crippen molar-refractivity contribution in [3.8, 4) is 0 Å². The normalized spacial score (nSPS) is 10.8. The maximum absolute atomic E-state index is 12.9. The van der Waals surface area contributed by atoms with Gasteiger partial charge in [0.05, 0.1) is 42.6 Å². The predicted molar refractivity (Wildman–Crippen MR) is 106 cm³/mol. The summed E-state index contributed by atoms with van der Waals surface area (Å²) in [4.78, 5) is 41.6. The third-order valence-electron chi connectivity index (χ3n) is 4.04. The van der Waals surface area contributed by atoms with E-state index in [1.54, 1.807) is 36.6 Å². The maximum atomic E-state index is 12.9. The molecular weight excluding hydrogens is 380 g/mol. The van der Waals surface area contributed by atoms with Crippen LogP contribution in [0.15, 0.2) is 40.8 Å². The van der Waals surface area contributed by atoms with E-state index in [2.05, 4.69) is 4.98 Å².